The van der Waals surface area contributed by atoms with Crippen molar-refractivity contribution >= 4 is 116 Å². The Morgan fingerprint density at radius 1 is 0.530 bits per heavy atom. The summed E-state index contributed by atoms with van der Waals surface area (Å²) in [6.07, 6.45) is 1.36. The van der Waals surface area contributed by atoms with E-state index in [1.165, 1.54) is 62.8 Å². The summed E-state index contributed by atoms with van der Waals surface area (Å²) in [6.45, 7) is 2.29. The van der Waals surface area contributed by atoms with E-state index in [1.807, 2.05) is 24.3 Å². The molecule has 20 heteroatoms. The molecule has 342 valence electrons. The van der Waals surface area contributed by atoms with Gasteiger partial charge in [-0.3, -0.25) is 28.8 Å². The van der Waals surface area contributed by atoms with Crippen molar-refractivity contribution in [3.63, 3.8) is 0 Å². The van der Waals surface area contributed by atoms with Gasteiger partial charge in [0.15, 0.2) is 11.6 Å². The number of carbonyl (C=O) groups excluding carboxylic acids is 6. The van der Waals surface area contributed by atoms with Crippen LogP contribution in [0.4, 0.5) is 34.1 Å². The fourth-order valence-electron chi connectivity index (χ4n) is 6.06. The number of ether oxygens (including phenoxy) is 2. The van der Waals surface area contributed by atoms with Crippen molar-refractivity contribution in [3.8, 4) is 11.5 Å². The van der Waals surface area contributed by atoms with Crippen molar-refractivity contribution in [1.82, 2.24) is 0 Å². The molecular formula is C46H42Cl4N8O8. The molecule has 0 fully saturated rings. The van der Waals surface area contributed by atoms with Crippen LogP contribution in [0.15, 0.2) is 118 Å². The van der Waals surface area contributed by atoms with E-state index in [4.69, 9.17) is 55.9 Å². The number of ketones is 2. The van der Waals surface area contributed by atoms with Gasteiger partial charge in [-0.15, -0.1) is 23.2 Å². The van der Waals surface area contributed by atoms with Crippen LogP contribution in [0.1, 0.15) is 45.7 Å². The first-order chi connectivity index (χ1) is 31.6. The number of carbonyl (C=O) groups is 6. The van der Waals surface area contributed by atoms with Crippen molar-refractivity contribution in [2.24, 2.45) is 20.5 Å². The summed E-state index contributed by atoms with van der Waals surface area (Å²) in [5.74, 6) is -3.25. The molecule has 4 N–H and O–H groups in total. The quantitative estimate of drug-likeness (QED) is 0.0333. The minimum atomic E-state index is -1.67. The highest BCUT2D eigenvalue weighted by Crippen LogP contribution is 2.38. The zero-order chi connectivity index (χ0) is 47.9. The second-order valence-electron chi connectivity index (χ2n) is 14.3. The first kappa shape index (κ1) is 50.3. The molecule has 66 heavy (non-hydrogen) atoms. The van der Waals surface area contributed by atoms with Gasteiger partial charge < -0.3 is 30.7 Å². The minimum absolute atomic E-state index is 0.0200. The van der Waals surface area contributed by atoms with Gasteiger partial charge in [0.25, 0.3) is 23.6 Å². The third-order valence-corrected chi connectivity index (χ3v) is 10.2. The highest BCUT2D eigenvalue weighted by molar-refractivity contribution is 6.31. The van der Waals surface area contributed by atoms with Crippen LogP contribution in [-0.2, 0) is 32.0 Å². The molecule has 0 aromatic heterocycles. The predicted octanol–water partition coefficient (Wildman–Crippen LogP) is 10.4. The van der Waals surface area contributed by atoms with E-state index in [-0.39, 0.29) is 55.4 Å². The van der Waals surface area contributed by atoms with Gasteiger partial charge in [0.1, 0.15) is 17.2 Å². The fourth-order valence-corrected chi connectivity index (χ4v) is 6.95. The molecular weight excluding hydrogens is 934 g/mol. The van der Waals surface area contributed by atoms with Crippen LogP contribution in [0.2, 0.25) is 10.0 Å². The zero-order valence-electron chi connectivity index (χ0n) is 35.8. The van der Waals surface area contributed by atoms with E-state index in [0.29, 0.717) is 36.0 Å². The van der Waals surface area contributed by atoms with Gasteiger partial charge in [0.05, 0.1) is 25.6 Å². The number of anilines is 4. The zero-order valence-corrected chi connectivity index (χ0v) is 38.8. The van der Waals surface area contributed by atoms with Crippen molar-refractivity contribution < 1.29 is 38.2 Å². The van der Waals surface area contributed by atoms with Gasteiger partial charge in [-0.25, -0.2) is 0 Å². The van der Waals surface area contributed by atoms with E-state index in [9.17, 15) is 28.8 Å². The first-order valence-electron chi connectivity index (χ1n) is 19.8. The summed E-state index contributed by atoms with van der Waals surface area (Å²) in [7, 11) is 2.57. The Kier molecular flexibility index (Phi) is 18.3. The maximum atomic E-state index is 13.6. The largest absolute Gasteiger partial charge is 0.494 e. The lowest BCUT2D eigenvalue weighted by Crippen LogP contribution is -2.32. The summed E-state index contributed by atoms with van der Waals surface area (Å²) in [4.78, 5) is 78.5. The molecule has 16 nitrogen and oxygen atoms in total. The van der Waals surface area contributed by atoms with Crippen LogP contribution in [0.25, 0.3) is 0 Å². The van der Waals surface area contributed by atoms with Crippen LogP contribution in [0.5, 0.6) is 11.5 Å². The number of Topliss-reactive ketones (excluding diaryl/α,β-unsaturated/α-hetero) is 2. The number of alkyl halides is 2. The lowest BCUT2D eigenvalue weighted by molar-refractivity contribution is -0.127. The van der Waals surface area contributed by atoms with E-state index in [2.05, 4.69) is 41.7 Å². The fraction of sp³-hybridized carbons (Fsp3) is 0.217. The molecule has 2 unspecified atom stereocenters. The summed E-state index contributed by atoms with van der Waals surface area (Å²) < 4.78 is 11.0. The topological polar surface area (TPSA) is 218 Å². The number of azo groups is 2. The maximum Gasteiger partial charge on any atom is 0.259 e. The van der Waals surface area contributed by atoms with Crippen molar-refractivity contribution in [2.45, 2.75) is 38.8 Å². The maximum absolute atomic E-state index is 13.6. The molecule has 4 amide bonds. The highest BCUT2D eigenvalue weighted by atomic mass is 35.5. The van der Waals surface area contributed by atoms with E-state index < -0.39 is 47.3 Å². The summed E-state index contributed by atoms with van der Waals surface area (Å²) >= 11 is 24.2. The lowest BCUT2D eigenvalue weighted by atomic mass is 10.1. The average molecular weight is 977 g/mol. The molecule has 0 aliphatic rings. The number of nitrogens with one attached hydrogen (secondary N) is 4. The Hall–Kier alpha value is -6.72. The lowest BCUT2D eigenvalue weighted by Gasteiger charge is -2.18. The number of amides is 4. The molecule has 2 atom stereocenters. The molecule has 5 aromatic rings. The second-order valence-corrected chi connectivity index (χ2v) is 15.9. The molecule has 0 bridgehead atoms. The molecule has 0 saturated carbocycles. The number of hydrogen-bond acceptors (Lipinski definition) is 12. The van der Waals surface area contributed by atoms with Crippen LogP contribution in [0.3, 0.4) is 0 Å². The third kappa shape index (κ3) is 14.1. The van der Waals surface area contributed by atoms with Gasteiger partial charge in [-0.1, -0.05) is 47.5 Å². The van der Waals surface area contributed by atoms with Gasteiger partial charge in [-0.2, -0.15) is 20.5 Å². The van der Waals surface area contributed by atoms with Crippen LogP contribution in [-0.4, -0.2) is 73.3 Å². The molecule has 0 radical (unpaired) electrons. The number of rotatable bonds is 20. The molecule has 0 spiro atoms. The number of nitrogens with zero attached hydrogens (tertiary/aromatic N) is 4. The van der Waals surface area contributed by atoms with Crippen LogP contribution >= 0.6 is 46.4 Å². The van der Waals surface area contributed by atoms with Crippen molar-refractivity contribution in [3.05, 3.63) is 129 Å². The van der Waals surface area contributed by atoms with Crippen molar-refractivity contribution in [2.75, 3.05) is 47.2 Å². The van der Waals surface area contributed by atoms with Crippen LogP contribution < -0.4 is 30.7 Å². The molecule has 0 aliphatic carbocycles. The Morgan fingerprint density at radius 2 is 0.924 bits per heavy atom. The Bertz CT molecular complexity index is 2660. The molecule has 5 aromatic carbocycles. The summed E-state index contributed by atoms with van der Waals surface area (Å²) in [5.41, 5.74) is 3.59. The first-order valence-corrected chi connectivity index (χ1v) is 21.7. The van der Waals surface area contributed by atoms with Crippen LogP contribution in [0, 0.1) is 0 Å². The number of hydrogen-bond donors (Lipinski definition) is 4. The van der Waals surface area contributed by atoms with E-state index in [1.54, 1.807) is 24.3 Å². The number of aryl methyl sites for hydroxylation is 2. The van der Waals surface area contributed by atoms with Gasteiger partial charge in [0.2, 0.25) is 12.1 Å². The average Bonchev–Trinajstić information content (AvgIpc) is 3.27. The number of halogens is 4. The van der Waals surface area contributed by atoms with E-state index >= 15 is 0 Å². The van der Waals surface area contributed by atoms with Gasteiger partial charge in [0, 0.05) is 62.1 Å². The normalized spacial score (nSPS) is 12.0. The molecule has 0 aliphatic heterocycles. The smallest absolute Gasteiger partial charge is 0.259 e. The minimum Gasteiger partial charge on any atom is -0.494 e. The molecule has 0 heterocycles. The highest BCUT2D eigenvalue weighted by Gasteiger charge is 2.28. The van der Waals surface area contributed by atoms with Gasteiger partial charge in [-0.05, 0) is 98.5 Å². The third-order valence-electron chi connectivity index (χ3n) is 9.35. The SMILES string of the molecule is COc1cc(NC(=O)C(N=Nc2cc(Cl)cc(C(=O)Nc3ccc(CCCl)cc3)c2)C(C)=O)cc(OC)c1NC(=O)C(N=Nc1cc(Cl)cc(C(=O)Nc2ccc(CCCl)cc2)c1)C(C)=O. The molecule has 5 rings (SSSR count). The Morgan fingerprint density at radius 3 is 1.29 bits per heavy atom. The number of methoxy groups -OCH3 is 2. The summed E-state index contributed by atoms with van der Waals surface area (Å²) in [6, 6.07) is 22.1. The monoisotopic (exact) mass is 974 g/mol. The standard InChI is InChI=1S/C46H42Cl4N8O8/c1-25(59)40(57-55-36-19-29(17-31(49)21-36)43(61)51-33-9-5-27(6-10-33)13-15-47)45(63)53-35-23-38(65-3)42(39(24-35)66-4)54-46(64)41(26(2)60)58-56-37-20-30(18-32(50)22-37)44(62)52-34-11-7-28(8-12-34)14-16-48/h5-12,17-24,40-41H,13-16H2,1-4H3,(H,51,61)(H,52,62)(H,53,63)(H,54,64). The van der Waals surface area contributed by atoms with Gasteiger partial charge >= 0.3 is 0 Å². The number of benzene rings is 5. The van der Waals surface area contributed by atoms with Crippen molar-refractivity contribution in [1.29, 1.82) is 0 Å². The Balaban J connectivity index is 1.28. The Labute approximate surface area is 399 Å². The molecule has 0 saturated heterocycles. The summed E-state index contributed by atoms with van der Waals surface area (Å²) in [5, 5.41) is 27.0. The predicted molar refractivity (Wildman–Crippen MR) is 255 cm³/mol. The van der Waals surface area contributed by atoms with E-state index in [0.717, 1.165) is 25.0 Å². The second kappa shape index (κ2) is 24.0.